The summed E-state index contributed by atoms with van der Waals surface area (Å²) in [5.41, 5.74) is 2.19. The number of carbonyl (C=O) groups is 3. The van der Waals surface area contributed by atoms with Crippen LogP contribution in [-0.2, 0) is 16.1 Å². The van der Waals surface area contributed by atoms with Crippen LogP contribution in [0.2, 0.25) is 0 Å². The number of benzene rings is 1. The van der Waals surface area contributed by atoms with Crippen LogP contribution in [0, 0.1) is 5.92 Å². The molecule has 1 unspecified atom stereocenters. The highest BCUT2D eigenvalue weighted by Crippen LogP contribution is 2.22. The Morgan fingerprint density at radius 2 is 2.18 bits per heavy atom. The monoisotopic (exact) mass is 301 g/mol. The van der Waals surface area contributed by atoms with E-state index >= 15 is 0 Å². The summed E-state index contributed by atoms with van der Waals surface area (Å²) in [7, 11) is 0. The van der Waals surface area contributed by atoms with Gasteiger partial charge < -0.3 is 15.5 Å². The molecule has 1 atom stereocenters. The molecule has 3 amide bonds. The van der Waals surface area contributed by atoms with Crippen LogP contribution in [0.15, 0.2) is 18.2 Å². The van der Waals surface area contributed by atoms with E-state index in [1.54, 1.807) is 11.0 Å². The summed E-state index contributed by atoms with van der Waals surface area (Å²) in [5, 5.41) is 5.62. The van der Waals surface area contributed by atoms with Gasteiger partial charge in [0.1, 0.15) is 0 Å². The number of piperidine rings is 1. The fraction of sp³-hybridized carbons (Fsp3) is 0.438. The zero-order valence-corrected chi connectivity index (χ0v) is 12.5. The molecule has 2 aliphatic rings. The molecule has 1 aromatic rings. The molecule has 2 N–H and O–H groups in total. The number of rotatable bonds is 2. The minimum atomic E-state index is -0.195. The number of fused-ring (bicyclic) bond motifs is 1. The lowest BCUT2D eigenvalue weighted by atomic mass is 9.97. The van der Waals surface area contributed by atoms with Crippen LogP contribution in [0.3, 0.4) is 0 Å². The first-order valence-electron chi connectivity index (χ1n) is 7.52. The second-order valence-corrected chi connectivity index (χ2v) is 5.85. The third-order valence-electron chi connectivity index (χ3n) is 4.30. The van der Waals surface area contributed by atoms with Gasteiger partial charge in [-0.15, -0.1) is 0 Å². The number of carbonyl (C=O) groups excluding carboxylic acids is 3. The number of hydrogen-bond acceptors (Lipinski definition) is 3. The fourth-order valence-corrected chi connectivity index (χ4v) is 3.01. The van der Waals surface area contributed by atoms with E-state index in [0.717, 1.165) is 24.9 Å². The summed E-state index contributed by atoms with van der Waals surface area (Å²) in [6.45, 7) is 3.25. The Kier molecular flexibility index (Phi) is 3.83. The number of anilines is 1. The summed E-state index contributed by atoms with van der Waals surface area (Å²) in [5.74, 6) is -0.387. The Hall–Kier alpha value is -2.37. The van der Waals surface area contributed by atoms with Crippen molar-refractivity contribution in [1.29, 1.82) is 0 Å². The molecule has 0 saturated carbocycles. The van der Waals surface area contributed by atoms with Crippen LogP contribution in [-0.4, -0.2) is 35.7 Å². The molecule has 22 heavy (non-hydrogen) atoms. The summed E-state index contributed by atoms with van der Waals surface area (Å²) in [6.07, 6.45) is 1.62. The second-order valence-electron chi connectivity index (χ2n) is 5.85. The summed E-state index contributed by atoms with van der Waals surface area (Å²) >= 11 is 0. The van der Waals surface area contributed by atoms with Crippen LogP contribution in [0.5, 0.6) is 0 Å². The lowest BCUT2D eigenvalue weighted by Gasteiger charge is -2.31. The summed E-state index contributed by atoms with van der Waals surface area (Å²) in [6, 6.07) is 5.37. The highest BCUT2D eigenvalue weighted by atomic mass is 16.2. The van der Waals surface area contributed by atoms with E-state index in [9.17, 15) is 14.4 Å². The Labute approximate surface area is 128 Å². The van der Waals surface area contributed by atoms with E-state index in [2.05, 4.69) is 10.6 Å². The maximum absolute atomic E-state index is 12.4. The first-order valence-corrected chi connectivity index (χ1v) is 7.52. The first kappa shape index (κ1) is 14.6. The van der Waals surface area contributed by atoms with Crippen molar-refractivity contribution in [2.45, 2.75) is 26.3 Å². The molecule has 1 aromatic carbocycles. The summed E-state index contributed by atoms with van der Waals surface area (Å²) < 4.78 is 0. The number of likely N-dealkylation sites (tertiary alicyclic amines) is 1. The lowest BCUT2D eigenvalue weighted by molar-refractivity contribution is -0.132. The molecule has 6 nitrogen and oxygen atoms in total. The van der Waals surface area contributed by atoms with E-state index in [4.69, 9.17) is 0 Å². The molecule has 1 saturated heterocycles. The maximum Gasteiger partial charge on any atom is 0.251 e. The molecule has 2 heterocycles. The predicted molar refractivity (Wildman–Crippen MR) is 81.2 cm³/mol. The SMILES string of the molecule is CC(=O)N1CCCC(C(=O)Nc2ccc3c(c2)C(=O)NC3)C1. The van der Waals surface area contributed by atoms with E-state index in [0.29, 0.717) is 24.3 Å². The largest absolute Gasteiger partial charge is 0.348 e. The molecule has 0 aromatic heterocycles. The van der Waals surface area contributed by atoms with Crippen LogP contribution >= 0.6 is 0 Å². The van der Waals surface area contributed by atoms with Gasteiger partial charge in [0, 0.05) is 37.8 Å². The van der Waals surface area contributed by atoms with Crippen LogP contribution in [0.1, 0.15) is 35.7 Å². The van der Waals surface area contributed by atoms with Crippen molar-refractivity contribution in [2.75, 3.05) is 18.4 Å². The van der Waals surface area contributed by atoms with Gasteiger partial charge >= 0.3 is 0 Å². The average Bonchev–Trinajstić information content (AvgIpc) is 2.88. The van der Waals surface area contributed by atoms with Gasteiger partial charge in [-0.25, -0.2) is 0 Å². The van der Waals surface area contributed by atoms with Gasteiger partial charge in [0.15, 0.2) is 0 Å². The Morgan fingerprint density at radius 1 is 1.36 bits per heavy atom. The number of hydrogen-bond donors (Lipinski definition) is 2. The normalized spacial score (nSPS) is 20.3. The third kappa shape index (κ3) is 2.81. The highest BCUT2D eigenvalue weighted by molar-refractivity contribution is 6.00. The molecule has 3 rings (SSSR count). The van der Waals surface area contributed by atoms with Crippen molar-refractivity contribution in [2.24, 2.45) is 5.92 Å². The quantitative estimate of drug-likeness (QED) is 0.859. The Morgan fingerprint density at radius 3 is 2.95 bits per heavy atom. The molecule has 0 spiro atoms. The standard InChI is InChI=1S/C16H19N3O3/c1-10(20)19-6-2-3-12(9-19)15(21)18-13-5-4-11-8-17-16(22)14(11)7-13/h4-5,7,12H,2-3,6,8-9H2,1H3,(H,17,22)(H,18,21). The second kappa shape index (κ2) is 5.79. The van der Waals surface area contributed by atoms with Crippen LogP contribution in [0.25, 0.3) is 0 Å². The van der Waals surface area contributed by atoms with Gasteiger partial charge in [-0.1, -0.05) is 6.07 Å². The molecule has 1 fully saturated rings. The zero-order chi connectivity index (χ0) is 15.7. The van der Waals surface area contributed by atoms with E-state index in [-0.39, 0.29) is 23.6 Å². The molecule has 6 heteroatoms. The molecule has 2 aliphatic heterocycles. The predicted octanol–water partition coefficient (Wildman–Crippen LogP) is 1.13. The minimum absolute atomic E-state index is 0.00621. The van der Waals surface area contributed by atoms with Crippen molar-refractivity contribution in [3.8, 4) is 0 Å². The van der Waals surface area contributed by atoms with Gasteiger partial charge in [-0.3, -0.25) is 14.4 Å². The molecular weight excluding hydrogens is 282 g/mol. The topological polar surface area (TPSA) is 78.5 Å². The number of nitrogens with zero attached hydrogens (tertiary/aromatic N) is 1. The van der Waals surface area contributed by atoms with Crippen molar-refractivity contribution in [1.82, 2.24) is 10.2 Å². The van der Waals surface area contributed by atoms with E-state index < -0.39 is 0 Å². The number of amides is 3. The zero-order valence-electron chi connectivity index (χ0n) is 12.5. The fourth-order valence-electron chi connectivity index (χ4n) is 3.01. The molecule has 116 valence electrons. The lowest BCUT2D eigenvalue weighted by Crippen LogP contribution is -2.42. The third-order valence-corrected chi connectivity index (χ3v) is 4.30. The average molecular weight is 301 g/mol. The van der Waals surface area contributed by atoms with Gasteiger partial charge in [0.25, 0.3) is 5.91 Å². The maximum atomic E-state index is 12.4. The first-order chi connectivity index (χ1) is 10.5. The van der Waals surface area contributed by atoms with Crippen molar-refractivity contribution >= 4 is 23.4 Å². The highest BCUT2D eigenvalue weighted by Gasteiger charge is 2.27. The van der Waals surface area contributed by atoms with Gasteiger partial charge in [0.05, 0.1) is 5.92 Å². The smallest absolute Gasteiger partial charge is 0.251 e. The van der Waals surface area contributed by atoms with Gasteiger partial charge in [-0.05, 0) is 30.5 Å². The Balaban J connectivity index is 1.68. The molecule has 0 bridgehead atoms. The Bertz CT molecular complexity index is 642. The van der Waals surface area contributed by atoms with Crippen LogP contribution < -0.4 is 10.6 Å². The molecular formula is C16H19N3O3. The van der Waals surface area contributed by atoms with Crippen molar-refractivity contribution in [3.63, 3.8) is 0 Å². The van der Waals surface area contributed by atoms with Crippen molar-refractivity contribution < 1.29 is 14.4 Å². The van der Waals surface area contributed by atoms with Crippen LogP contribution in [0.4, 0.5) is 5.69 Å². The minimum Gasteiger partial charge on any atom is -0.348 e. The van der Waals surface area contributed by atoms with Crippen molar-refractivity contribution in [3.05, 3.63) is 29.3 Å². The number of nitrogens with one attached hydrogen (secondary N) is 2. The molecule has 0 aliphatic carbocycles. The summed E-state index contributed by atoms with van der Waals surface area (Å²) in [4.78, 5) is 37.2. The van der Waals surface area contributed by atoms with Gasteiger partial charge in [0.2, 0.25) is 11.8 Å². The van der Waals surface area contributed by atoms with E-state index in [1.807, 2.05) is 12.1 Å². The van der Waals surface area contributed by atoms with Gasteiger partial charge in [-0.2, -0.15) is 0 Å². The van der Waals surface area contributed by atoms with E-state index in [1.165, 1.54) is 6.92 Å². The molecule has 0 radical (unpaired) electrons.